The minimum absolute atomic E-state index is 0.0582. The summed E-state index contributed by atoms with van der Waals surface area (Å²) in [6.45, 7) is 1.76. The van der Waals surface area contributed by atoms with E-state index in [0.29, 0.717) is 0 Å². The maximum Gasteiger partial charge on any atom is 0.0346 e. The average Bonchev–Trinajstić information content (AvgIpc) is 1.96. The van der Waals surface area contributed by atoms with E-state index in [1.807, 2.05) is 0 Å². The van der Waals surface area contributed by atoms with Gasteiger partial charge in [0.05, 0.1) is 0 Å². The molecule has 0 spiro atoms. The first-order valence-corrected chi connectivity index (χ1v) is 2.86. The molecule has 46 valence electrons. The number of allylic oxidation sites excluding steroid dienone is 2. The molecule has 0 aromatic rings. The minimum Gasteiger partial charge on any atom is -0.0914 e. The van der Waals surface area contributed by atoms with E-state index in [1.54, 1.807) is 19.1 Å². The second-order valence-electron chi connectivity index (χ2n) is 1.87. The largest absolute Gasteiger partial charge is 0.0914 e. The normalized spacial score (nSPS) is 48.9. The molecular formula is C8H14. The van der Waals surface area contributed by atoms with Crippen LogP contribution in [0.2, 0.25) is 0 Å². The van der Waals surface area contributed by atoms with Gasteiger partial charge in [-0.2, -0.15) is 0 Å². The predicted octanol–water partition coefficient (Wildman–Crippen LogP) is 2.75. The van der Waals surface area contributed by atoms with E-state index in [9.17, 15) is 0 Å². The molecule has 0 aliphatic heterocycles. The van der Waals surface area contributed by atoms with Gasteiger partial charge >= 0.3 is 0 Å². The van der Waals surface area contributed by atoms with E-state index < -0.39 is 18.6 Å². The van der Waals surface area contributed by atoms with Crippen LogP contribution in [0.5, 0.6) is 0 Å². The van der Waals surface area contributed by atoms with Gasteiger partial charge in [0.25, 0.3) is 0 Å². The molecule has 0 bridgehead atoms. The highest BCUT2D eigenvalue weighted by atomic mass is 14.2. The Balaban J connectivity index is 2.93. The van der Waals surface area contributed by atoms with Crippen LogP contribution in [-0.4, -0.2) is 0 Å². The highest BCUT2D eigenvalue weighted by Crippen LogP contribution is 2.25. The highest BCUT2D eigenvalue weighted by Gasteiger charge is 2.09. The van der Waals surface area contributed by atoms with Gasteiger partial charge in [-0.3, -0.25) is 0 Å². The molecule has 0 N–H and O–H groups in total. The van der Waals surface area contributed by atoms with Crippen LogP contribution in [0.15, 0.2) is 12.2 Å². The van der Waals surface area contributed by atoms with Crippen LogP contribution in [0, 0.1) is 5.89 Å². The van der Waals surface area contributed by atoms with Crippen LogP contribution in [0.1, 0.15) is 39.4 Å². The molecule has 1 fully saturated rings. The molecule has 0 unspecified atom stereocenters. The van der Waals surface area contributed by atoms with E-state index in [4.69, 9.17) is 6.85 Å². The monoisotopic (exact) mass is 115 g/mol. The summed E-state index contributed by atoms with van der Waals surface area (Å²) in [7, 11) is 0. The SMILES string of the molecule is [2H]C1(C=CC)CC([2H])([2H])C([2H])([2H])C1. The van der Waals surface area contributed by atoms with Crippen molar-refractivity contribution < 1.29 is 6.85 Å². The Kier molecular flexibility index (Phi) is 0.787. The molecule has 1 aliphatic rings. The third-order valence-electron chi connectivity index (χ3n) is 1.16. The van der Waals surface area contributed by atoms with Crippen molar-refractivity contribution in [2.45, 2.75) is 32.5 Å². The van der Waals surface area contributed by atoms with Gasteiger partial charge in [0.1, 0.15) is 0 Å². The standard InChI is InChI=1S/C8H14/c1-2-5-8-6-3-4-7-8/h2,5,8H,3-4,6-7H2,1H3/i3D2,4D2,8D. The summed E-state index contributed by atoms with van der Waals surface area (Å²) < 4.78 is 37.7. The Morgan fingerprint density at radius 3 is 2.75 bits per heavy atom. The first-order chi connectivity index (χ1) is 5.72. The summed E-state index contributed by atoms with van der Waals surface area (Å²) in [5.74, 6) is -1.07. The lowest BCUT2D eigenvalue weighted by Gasteiger charge is -1.96. The van der Waals surface area contributed by atoms with Crippen molar-refractivity contribution in [2.24, 2.45) is 5.89 Å². The van der Waals surface area contributed by atoms with E-state index in [0.717, 1.165) is 0 Å². The van der Waals surface area contributed by atoms with Crippen LogP contribution in [0.4, 0.5) is 0 Å². The third-order valence-corrected chi connectivity index (χ3v) is 1.16. The summed E-state index contributed by atoms with van der Waals surface area (Å²) in [5.41, 5.74) is 0. The van der Waals surface area contributed by atoms with Crippen LogP contribution in [0.3, 0.4) is 0 Å². The topological polar surface area (TPSA) is 0 Å². The smallest absolute Gasteiger partial charge is 0.0346 e. The Hall–Kier alpha value is -0.260. The van der Waals surface area contributed by atoms with E-state index in [1.165, 1.54) is 0 Å². The fourth-order valence-corrected chi connectivity index (χ4v) is 0.768. The Bertz CT molecular complexity index is 215. The molecule has 1 aliphatic carbocycles. The van der Waals surface area contributed by atoms with Gasteiger partial charge in [-0.15, -0.1) is 0 Å². The van der Waals surface area contributed by atoms with Gasteiger partial charge in [0.15, 0.2) is 0 Å². The van der Waals surface area contributed by atoms with Crippen molar-refractivity contribution in [3.05, 3.63) is 12.2 Å². The lowest BCUT2D eigenvalue weighted by molar-refractivity contribution is 0.685. The van der Waals surface area contributed by atoms with Crippen molar-refractivity contribution in [1.29, 1.82) is 0 Å². The van der Waals surface area contributed by atoms with Crippen molar-refractivity contribution in [3.8, 4) is 0 Å². The summed E-state index contributed by atoms with van der Waals surface area (Å²) in [6, 6.07) is 0. The van der Waals surface area contributed by atoms with Gasteiger partial charge in [-0.25, -0.2) is 0 Å². The predicted molar refractivity (Wildman–Crippen MR) is 36.8 cm³/mol. The first-order valence-electron chi connectivity index (χ1n) is 5.36. The zero-order chi connectivity index (χ0) is 10.3. The van der Waals surface area contributed by atoms with Crippen LogP contribution in [-0.2, 0) is 0 Å². The molecule has 0 heterocycles. The average molecular weight is 115 g/mol. The maximum atomic E-state index is 7.82. The van der Waals surface area contributed by atoms with Crippen molar-refractivity contribution in [1.82, 2.24) is 0 Å². The van der Waals surface area contributed by atoms with Crippen LogP contribution in [0.25, 0.3) is 0 Å². The van der Waals surface area contributed by atoms with Crippen LogP contribution >= 0.6 is 0 Å². The molecule has 0 amide bonds. The molecule has 0 nitrogen and oxygen atoms in total. The van der Waals surface area contributed by atoms with Crippen molar-refractivity contribution in [2.75, 3.05) is 0 Å². The molecule has 0 aromatic carbocycles. The van der Waals surface area contributed by atoms with Gasteiger partial charge in [0, 0.05) is 6.85 Å². The molecule has 1 saturated carbocycles. The van der Waals surface area contributed by atoms with E-state index in [-0.39, 0.29) is 12.8 Å². The first kappa shape index (κ1) is 2.17. The quantitative estimate of drug-likeness (QED) is 0.461. The molecule has 0 saturated heterocycles. The lowest BCUT2D eigenvalue weighted by Crippen LogP contribution is -1.83. The van der Waals surface area contributed by atoms with Gasteiger partial charge < -0.3 is 0 Å². The molecule has 0 aromatic heterocycles. The maximum absolute atomic E-state index is 7.82. The minimum atomic E-state index is -1.88. The number of rotatable bonds is 1. The lowest BCUT2D eigenvalue weighted by atomic mass is 10.1. The van der Waals surface area contributed by atoms with Crippen molar-refractivity contribution in [3.63, 3.8) is 0 Å². The zero-order valence-corrected chi connectivity index (χ0v) is 5.07. The van der Waals surface area contributed by atoms with E-state index in [2.05, 4.69) is 0 Å². The van der Waals surface area contributed by atoms with Gasteiger partial charge in [-0.1, -0.05) is 24.9 Å². The summed E-state index contributed by atoms with van der Waals surface area (Å²) >= 11 is 0. The summed E-state index contributed by atoms with van der Waals surface area (Å²) in [6.07, 6.45) is -0.614. The molecule has 8 heavy (non-hydrogen) atoms. The molecule has 0 heteroatoms. The molecule has 0 atom stereocenters. The number of hydrogen-bond donors (Lipinski definition) is 0. The van der Waals surface area contributed by atoms with E-state index >= 15 is 0 Å². The van der Waals surface area contributed by atoms with Gasteiger partial charge in [-0.05, 0) is 25.7 Å². The fourth-order valence-electron chi connectivity index (χ4n) is 0.768. The Labute approximate surface area is 58.6 Å². The fraction of sp³-hybridized carbons (Fsp3) is 0.750. The summed E-state index contributed by atoms with van der Waals surface area (Å²) in [5, 5.41) is 0. The van der Waals surface area contributed by atoms with Crippen molar-refractivity contribution >= 4 is 0 Å². The van der Waals surface area contributed by atoms with Gasteiger partial charge in [0.2, 0.25) is 0 Å². The second kappa shape index (κ2) is 2.91. The zero-order valence-electron chi connectivity index (χ0n) is 10.1. The Morgan fingerprint density at radius 1 is 1.62 bits per heavy atom. The Morgan fingerprint density at radius 2 is 2.25 bits per heavy atom. The molecule has 1 rings (SSSR count). The number of hydrogen-bond acceptors (Lipinski definition) is 0. The third kappa shape index (κ3) is 1.36. The molecular weight excluding hydrogens is 96.1 g/mol. The summed E-state index contributed by atoms with van der Waals surface area (Å²) in [4.78, 5) is 0. The van der Waals surface area contributed by atoms with Crippen LogP contribution < -0.4 is 0 Å². The molecule has 0 radical (unpaired) electrons. The second-order valence-corrected chi connectivity index (χ2v) is 1.87. The highest BCUT2D eigenvalue weighted by molar-refractivity contribution is 4.87.